The van der Waals surface area contributed by atoms with Gasteiger partial charge in [0.2, 0.25) is 5.79 Å². The molecule has 0 aromatic heterocycles. The summed E-state index contributed by atoms with van der Waals surface area (Å²) in [6.07, 6.45) is -1.88. The van der Waals surface area contributed by atoms with Crippen molar-refractivity contribution in [1.29, 1.82) is 0 Å². The van der Waals surface area contributed by atoms with E-state index in [0.29, 0.717) is 0 Å². The van der Waals surface area contributed by atoms with Crippen LogP contribution in [-0.2, 0) is 10.1 Å². The Kier molecular flexibility index (Phi) is 3.56. The Hall–Kier alpha value is -0.450. The monoisotopic (exact) mass is 340 g/mol. The molecule has 0 amide bonds. The topological polar surface area (TPSA) is 206 Å². The number of aliphatic hydroxyl groups is 3. The molecule has 128 valence electrons. The van der Waals surface area contributed by atoms with Gasteiger partial charge in [-0.1, -0.05) is 0 Å². The Bertz CT molecular complexity index is 573. The number of nitrogens with one attached hydrogen (secondary N) is 3. The quantitative estimate of drug-likeness (QED) is 0.170. The first-order valence-electron chi connectivity index (χ1n) is 6.65. The Balaban J connectivity index is 2.15. The number of aliphatic hydroxyl groups excluding tert-OH is 1. The molecule has 3 aliphatic heterocycles. The standard InChI is InChI=1S/C9H20N6O6S/c10-6-13-5-3(2-16)12-7(11)15-1-4(22(19,20)21)9(17,18)8(5,15)14-6/h3-7,12-14,16-18H,1-2,10-11H2,(H,19,20,21)/t3-,4+,5-,6?,7?,8-/m0/s1. The molecular weight excluding hydrogens is 320 g/mol. The van der Waals surface area contributed by atoms with Crippen LogP contribution in [0.4, 0.5) is 0 Å². The molecule has 0 aliphatic carbocycles. The second kappa shape index (κ2) is 4.78. The van der Waals surface area contributed by atoms with Crippen LogP contribution in [0.3, 0.4) is 0 Å². The molecule has 22 heavy (non-hydrogen) atoms. The van der Waals surface area contributed by atoms with Crippen LogP contribution >= 0.6 is 0 Å². The maximum Gasteiger partial charge on any atom is 0.274 e. The van der Waals surface area contributed by atoms with Gasteiger partial charge in [-0.15, -0.1) is 0 Å². The highest BCUT2D eigenvalue weighted by Crippen LogP contribution is 2.45. The average Bonchev–Trinajstić information content (AvgIpc) is 2.84. The molecule has 0 radical (unpaired) electrons. The largest absolute Gasteiger partial charge is 0.395 e. The van der Waals surface area contributed by atoms with Crippen LogP contribution in [0.5, 0.6) is 0 Å². The van der Waals surface area contributed by atoms with Gasteiger partial charge in [-0.05, 0) is 0 Å². The fourth-order valence-corrected chi connectivity index (χ4v) is 4.74. The van der Waals surface area contributed by atoms with Crippen molar-refractivity contribution >= 4 is 10.1 Å². The van der Waals surface area contributed by atoms with Crippen LogP contribution < -0.4 is 27.4 Å². The first-order valence-corrected chi connectivity index (χ1v) is 8.15. The van der Waals surface area contributed by atoms with E-state index in [-0.39, 0.29) is 0 Å². The van der Waals surface area contributed by atoms with Crippen molar-refractivity contribution in [2.24, 2.45) is 11.5 Å². The van der Waals surface area contributed by atoms with Crippen molar-refractivity contribution in [2.75, 3.05) is 13.2 Å². The number of hydrogen-bond acceptors (Lipinski definition) is 11. The molecule has 1 spiro atoms. The summed E-state index contributed by atoms with van der Waals surface area (Å²) in [6.45, 7) is -0.835. The molecule has 11 N–H and O–H groups in total. The zero-order valence-corrected chi connectivity index (χ0v) is 12.2. The molecule has 12 nitrogen and oxygen atoms in total. The van der Waals surface area contributed by atoms with E-state index in [2.05, 4.69) is 16.0 Å². The van der Waals surface area contributed by atoms with Crippen molar-refractivity contribution in [3.05, 3.63) is 0 Å². The van der Waals surface area contributed by atoms with E-state index in [1.54, 1.807) is 0 Å². The highest BCUT2D eigenvalue weighted by atomic mass is 32.2. The van der Waals surface area contributed by atoms with Gasteiger partial charge in [-0.2, -0.15) is 8.42 Å². The fraction of sp³-hybridized carbons (Fsp3) is 1.00. The van der Waals surface area contributed by atoms with Gasteiger partial charge in [0.15, 0.2) is 5.25 Å². The van der Waals surface area contributed by atoms with Crippen molar-refractivity contribution in [3.8, 4) is 0 Å². The minimum atomic E-state index is -4.77. The second-order valence-electron chi connectivity index (χ2n) is 5.82. The summed E-state index contributed by atoms with van der Waals surface area (Å²) >= 11 is 0. The van der Waals surface area contributed by atoms with Crippen LogP contribution in [-0.4, -0.2) is 87.7 Å². The molecular formula is C9H20N6O6S. The normalized spacial score (nSPS) is 48.2. The number of rotatable bonds is 2. The SMILES string of the molecule is NC1N[C@H]2[C@H](CO)NC(N)N3C[C@@H](S(=O)(=O)O)C(O)(O)[C@]23N1. The Labute approximate surface area is 126 Å². The lowest BCUT2D eigenvalue weighted by atomic mass is 9.86. The van der Waals surface area contributed by atoms with E-state index in [4.69, 9.17) is 11.5 Å². The summed E-state index contributed by atoms with van der Waals surface area (Å²) in [7, 11) is -4.77. The fourth-order valence-electron chi connectivity index (χ4n) is 3.79. The first kappa shape index (κ1) is 16.4. The molecule has 0 aromatic carbocycles. The molecule has 0 bridgehead atoms. The molecule has 0 saturated carbocycles. The summed E-state index contributed by atoms with van der Waals surface area (Å²) < 4.78 is 32.4. The van der Waals surface area contributed by atoms with Crippen molar-refractivity contribution in [3.63, 3.8) is 0 Å². The van der Waals surface area contributed by atoms with Crippen LogP contribution in [0.25, 0.3) is 0 Å². The third kappa shape index (κ3) is 1.90. The Morgan fingerprint density at radius 3 is 2.45 bits per heavy atom. The number of nitrogens with zero attached hydrogens (tertiary/aromatic N) is 1. The van der Waals surface area contributed by atoms with Crippen molar-refractivity contribution in [1.82, 2.24) is 20.9 Å². The second-order valence-corrected chi connectivity index (χ2v) is 7.41. The molecule has 3 fully saturated rings. The maximum atomic E-state index is 11.5. The van der Waals surface area contributed by atoms with Gasteiger partial charge in [0, 0.05) is 6.54 Å². The van der Waals surface area contributed by atoms with E-state index < -0.39 is 64.6 Å². The third-order valence-corrected chi connectivity index (χ3v) is 5.89. The van der Waals surface area contributed by atoms with E-state index in [0.717, 1.165) is 0 Å². The summed E-state index contributed by atoms with van der Waals surface area (Å²) in [6, 6.07) is -1.58. The lowest BCUT2D eigenvalue weighted by molar-refractivity contribution is -0.242. The van der Waals surface area contributed by atoms with Gasteiger partial charge in [0.05, 0.1) is 18.7 Å². The van der Waals surface area contributed by atoms with E-state index in [1.807, 2.05) is 0 Å². The number of nitrogens with two attached hydrogens (primary N) is 2. The van der Waals surface area contributed by atoms with Gasteiger partial charge in [-0.3, -0.25) is 20.5 Å². The molecule has 2 unspecified atom stereocenters. The molecule has 3 saturated heterocycles. The highest BCUT2D eigenvalue weighted by molar-refractivity contribution is 7.86. The predicted octanol–water partition coefficient (Wildman–Crippen LogP) is -6.05. The maximum absolute atomic E-state index is 11.5. The Morgan fingerprint density at radius 1 is 1.27 bits per heavy atom. The minimum absolute atomic E-state index is 0.401. The third-order valence-electron chi connectivity index (χ3n) is 4.69. The van der Waals surface area contributed by atoms with Gasteiger partial charge >= 0.3 is 0 Å². The van der Waals surface area contributed by atoms with Gasteiger partial charge in [0.25, 0.3) is 10.1 Å². The van der Waals surface area contributed by atoms with Crippen LogP contribution in [0.1, 0.15) is 0 Å². The molecule has 3 aliphatic rings. The number of hydrogen-bond donors (Lipinski definition) is 9. The minimum Gasteiger partial charge on any atom is -0.395 e. The van der Waals surface area contributed by atoms with E-state index >= 15 is 0 Å². The van der Waals surface area contributed by atoms with Gasteiger partial charge in [0.1, 0.15) is 18.2 Å². The molecule has 0 aromatic rings. The zero-order valence-electron chi connectivity index (χ0n) is 11.4. The summed E-state index contributed by atoms with van der Waals surface area (Å²) in [5.41, 5.74) is 9.87. The molecule has 6 atom stereocenters. The Morgan fingerprint density at radius 2 is 1.91 bits per heavy atom. The van der Waals surface area contributed by atoms with Crippen molar-refractivity contribution in [2.45, 2.75) is 41.4 Å². The van der Waals surface area contributed by atoms with E-state index in [9.17, 15) is 28.3 Å². The van der Waals surface area contributed by atoms with Crippen LogP contribution in [0.15, 0.2) is 0 Å². The molecule has 13 heteroatoms. The average molecular weight is 340 g/mol. The van der Waals surface area contributed by atoms with Crippen LogP contribution in [0, 0.1) is 0 Å². The lowest BCUT2D eigenvalue weighted by Crippen LogP contribution is -2.83. The molecule has 3 heterocycles. The smallest absolute Gasteiger partial charge is 0.274 e. The lowest BCUT2D eigenvalue weighted by Gasteiger charge is -2.53. The zero-order chi connectivity index (χ0) is 16.5. The van der Waals surface area contributed by atoms with E-state index in [1.165, 1.54) is 4.90 Å². The summed E-state index contributed by atoms with van der Waals surface area (Å²) in [4.78, 5) is 1.27. The first-order chi connectivity index (χ1) is 10.1. The summed E-state index contributed by atoms with van der Waals surface area (Å²) in [5.74, 6) is -2.89. The van der Waals surface area contributed by atoms with Gasteiger partial charge < -0.3 is 26.8 Å². The highest BCUT2D eigenvalue weighted by Gasteiger charge is 2.75. The summed E-state index contributed by atoms with van der Waals surface area (Å²) in [5, 5.41) is 37.0. The van der Waals surface area contributed by atoms with Crippen molar-refractivity contribution < 1.29 is 28.3 Å². The molecule has 3 rings (SSSR count). The predicted molar refractivity (Wildman–Crippen MR) is 72.0 cm³/mol. The van der Waals surface area contributed by atoms with Crippen LogP contribution in [0.2, 0.25) is 0 Å². The van der Waals surface area contributed by atoms with Gasteiger partial charge in [-0.25, -0.2) is 4.90 Å².